The summed E-state index contributed by atoms with van der Waals surface area (Å²) in [5.41, 5.74) is 6.69. The molecule has 0 amide bonds. The highest BCUT2D eigenvalue weighted by atomic mass is 16.5. The summed E-state index contributed by atoms with van der Waals surface area (Å²) >= 11 is 0. The van der Waals surface area contributed by atoms with Gasteiger partial charge in [-0.25, -0.2) is 9.67 Å². The van der Waals surface area contributed by atoms with Gasteiger partial charge in [-0.2, -0.15) is 15.2 Å². The second kappa shape index (κ2) is 9.26. The van der Waals surface area contributed by atoms with Crippen LogP contribution in [0.1, 0.15) is 29.1 Å². The van der Waals surface area contributed by atoms with E-state index in [1.807, 2.05) is 40.8 Å². The molecule has 4 heterocycles. The maximum Gasteiger partial charge on any atom is 0.253 e. The molecule has 35 heavy (non-hydrogen) atoms. The maximum atomic E-state index is 5.63. The Balaban J connectivity index is 1.32. The van der Waals surface area contributed by atoms with E-state index in [1.165, 1.54) is 11.3 Å². The van der Waals surface area contributed by atoms with Gasteiger partial charge in [-0.3, -0.25) is 4.68 Å². The van der Waals surface area contributed by atoms with Gasteiger partial charge >= 0.3 is 0 Å². The maximum absolute atomic E-state index is 5.63. The topological polar surface area (TPSA) is 73.9 Å². The minimum Gasteiger partial charge on any atom is -0.378 e. The van der Waals surface area contributed by atoms with Crippen LogP contribution in [0.5, 0.6) is 0 Å². The number of hydrogen-bond acceptors (Lipinski definition) is 6. The lowest BCUT2D eigenvalue weighted by atomic mass is 9.99. The predicted octanol–water partition coefficient (Wildman–Crippen LogP) is 3.56. The van der Waals surface area contributed by atoms with Crippen molar-refractivity contribution in [2.75, 3.05) is 31.2 Å². The normalized spacial score (nSPS) is 17.7. The van der Waals surface area contributed by atoms with E-state index < -0.39 is 0 Å². The van der Waals surface area contributed by atoms with E-state index in [-0.39, 0.29) is 0 Å². The van der Waals surface area contributed by atoms with Gasteiger partial charge in [0.2, 0.25) is 0 Å². The molecular formula is C27H31N7O. The van der Waals surface area contributed by atoms with E-state index in [4.69, 9.17) is 19.8 Å². The summed E-state index contributed by atoms with van der Waals surface area (Å²) in [7, 11) is 1.97. The Morgan fingerprint density at radius 2 is 1.83 bits per heavy atom. The zero-order valence-corrected chi connectivity index (χ0v) is 20.4. The van der Waals surface area contributed by atoms with Crippen LogP contribution in [0.4, 0.5) is 5.82 Å². The Labute approximate surface area is 205 Å². The number of rotatable bonds is 6. The minimum absolute atomic E-state index is 0.551. The van der Waals surface area contributed by atoms with E-state index in [0.717, 1.165) is 80.4 Å². The molecule has 1 aromatic carbocycles. The van der Waals surface area contributed by atoms with Crippen molar-refractivity contribution in [1.29, 1.82) is 0 Å². The molecule has 4 aromatic rings. The van der Waals surface area contributed by atoms with E-state index in [9.17, 15) is 0 Å². The van der Waals surface area contributed by atoms with Crippen LogP contribution in [-0.2, 0) is 31.0 Å². The van der Waals surface area contributed by atoms with E-state index in [1.54, 1.807) is 0 Å². The molecule has 0 saturated carbocycles. The summed E-state index contributed by atoms with van der Waals surface area (Å²) in [6, 6.07) is 14.5. The van der Waals surface area contributed by atoms with Gasteiger partial charge < -0.3 is 9.64 Å². The number of benzene rings is 1. The quantitative estimate of drug-likeness (QED) is 0.430. The van der Waals surface area contributed by atoms with Gasteiger partial charge in [0.25, 0.3) is 5.95 Å². The number of anilines is 1. The summed E-state index contributed by atoms with van der Waals surface area (Å²) in [5.74, 6) is 2.27. The third-order valence-electron chi connectivity index (χ3n) is 7.07. The molecule has 0 spiro atoms. The fraction of sp³-hybridized carbons (Fsp3) is 0.407. The SMILES string of the molecule is Cc1cc(-c2ccccc2)nn1-c1nc2c(c(N3CCOCC3)n1)CC(CCc1ccn(C)n1)C2. The van der Waals surface area contributed by atoms with Gasteiger partial charge in [-0.15, -0.1) is 0 Å². The molecule has 1 unspecified atom stereocenters. The molecule has 1 aliphatic heterocycles. The Morgan fingerprint density at radius 1 is 1.00 bits per heavy atom. The van der Waals surface area contributed by atoms with Crippen molar-refractivity contribution in [3.8, 4) is 17.2 Å². The van der Waals surface area contributed by atoms with Crippen LogP contribution >= 0.6 is 0 Å². The monoisotopic (exact) mass is 469 g/mol. The van der Waals surface area contributed by atoms with Crippen LogP contribution in [0.3, 0.4) is 0 Å². The second-order valence-corrected chi connectivity index (χ2v) is 9.61. The van der Waals surface area contributed by atoms with Crippen LogP contribution < -0.4 is 4.90 Å². The molecule has 1 atom stereocenters. The van der Waals surface area contributed by atoms with Crippen LogP contribution in [-0.4, -0.2) is 55.8 Å². The van der Waals surface area contributed by atoms with Gasteiger partial charge in [-0.1, -0.05) is 30.3 Å². The first kappa shape index (κ1) is 22.0. The van der Waals surface area contributed by atoms with Crippen molar-refractivity contribution in [1.82, 2.24) is 29.5 Å². The van der Waals surface area contributed by atoms with Gasteiger partial charge in [0.15, 0.2) is 0 Å². The van der Waals surface area contributed by atoms with Gasteiger partial charge in [-0.05, 0) is 50.7 Å². The second-order valence-electron chi connectivity index (χ2n) is 9.61. The van der Waals surface area contributed by atoms with Crippen molar-refractivity contribution >= 4 is 5.82 Å². The number of fused-ring (bicyclic) bond motifs is 1. The fourth-order valence-corrected chi connectivity index (χ4v) is 5.23. The summed E-state index contributed by atoms with van der Waals surface area (Å²) in [4.78, 5) is 12.5. The van der Waals surface area contributed by atoms with Crippen LogP contribution in [0, 0.1) is 12.8 Å². The van der Waals surface area contributed by atoms with E-state index >= 15 is 0 Å². The number of ether oxygens (including phenoxy) is 1. The summed E-state index contributed by atoms with van der Waals surface area (Å²) in [5, 5.41) is 9.45. The van der Waals surface area contributed by atoms with Crippen LogP contribution in [0.2, 0.25) is 0 Å². The Bertz CT molecular complexity index is 1320. The summed E-state index contributed by atoms with van der Waals surface area (Å²) in [6.07, 6.45) is 6.10. The van der Waals surface area contributed by atoms with E-state index in [2.05, 4.69) is 41.2 Å². The van der Waals surface area contributed by atoms with Gasteiger partial charge in [0, 0.05) is 43.2 Å². The fourth-order valence-electron chi connectivity index (χ4n) is 5.23. The van der Waals surface area contributed by atoms with Crippen LogP contribution in [0.15, 0.2) is 48.7 Å². The highest BCUT2D eigenvalue weighted by Crippen LogP contribution is 2.35. The standard InChI is InChI=1S/C27H31N7O/c1-19-16-24(21-6-4-3-5-7-21)31-34(19)27-28-25-18-20(8-9-22-10-11-32(2)30-22)17-23(25)26(29-27)33-12-14-35-15-13-33/h3-7,10-11,16,20H,8-9,12-15,17-18H2,1-2H3. The first-order valence-corrected chi connectivity index (χ1v) is 12.5. The van der Waals surface area contributed by atoms with Crippen molar-refractivity contribution in [2.45, 2.75) is 32.6 Å². The molecule has 1 aliphatic carbocycles. The molecule has 180 valence electrons. The third-order valence-corrected chi connectivity index (χ3v) is 7.07. The molecule has 2 aliphatic rings. The van der Waals surface area contributed by atoms with Gasteiger partial charge in [0.1, 0.15) is 5.82 Å². The first-order valence-electron chi connectivity index (χ1n) is 12.5. The van der Waals surface area contributed by atoms with E-state index in [0.29, 0.717) is 11.9 Å². The Morgan fingerprint density at radius 3 is 2.60 bits per heavy atom. The van der Waals surface area contributed by atoms with Crippen molar-refractivity contribution in [3.05, 3.63) is 71.3 Å². The highest BCUT2D eigenvalue weighted by Gasteiger charge is 2.30. The molecule has 6 rings (SSSR count). The molecule has 1 saturated heterocycles. The Hall–Kier alpha value is -3.52. The average molecular weight is 470 g/mol. The molecule has 0 N–H and O–H groups in total. The molecule has 8 heteroatoms. The molecule has 0 bridgehead atoms. The number of morpholine rings is 1. The lowest BCUT2D eigenvalue weighted by Gasteiger charge is -2.29. The summed E-state index contributed by atoms with van der Waals surface area (Å²) in [6.45, 7) is 5.25. The largest absolute Gasteiger partial charge is 0.378 e. The third kappa shape index (κ3) is 4.46. The molecular weight excluding hydrogens is 438 g/mol. The molecule has 3 aromatic heterocycles. The number of nitrogens with zero attached hydrogens (tertiary/aromatic N) is 7. The van der Waals surface area contributed by atoms with Crippen molar-refractivity contribution in [2.24, 2.45) is 13.0 Å². The molecule has 0 radical (unpaired) electrons. The summed E-state index contributed by atoms with van der Waals surface area (Å²) < 4.78 is 9.40. The highest BCUT2D eigenvalue weighted by molar-refractivity contribution is 5.60. The van der Waals surface area contributed by atoms with Crippen molar-refractivity contribution < 1.29 is 4.74 Å². The number of aromatic nitrogens is 6. The van der Waals surface area contributed by atoms with Gasteiger partial charge in [0.05, 0.1) is 30.3 Å². The zero-order valence-electron chi connectivity index (χ0n) is 20.4. The minimum atomic E-state index is 0.551. The van der Waals surface area contributed by atoms with Crippen molar-refractivity contribution in [3.63, 3.8) is 0 Å². The molecule has 1 fully saturated rings. The zero-order chi connectivity index (χ0) is 23.8. The lowest BCUT2D eigenvalue weighted by Crippen LogP contribution is -2.37. The predicted molar refractivity (Wildman–Crippen MR) is 135 cm³/mol. The number of hydrogen-bond donors (Lipinski definition) is 0. The first-order chi connectivity index (χ1) is 17.1. The Kier molecular flexibility index (Phi) is 5.82. The lowest BCUT2D eigenvalue weighted by molar-refractivity contribution is 0.122. The molecule has 8 nitrogen and oxygen atoms in total. The number of aryl methyl sites for hydroxylation is 3. The van der Waals surface area contributed by atoms with Crippen LogP contribution in [0.25, 0.3) is 17.2 Å². The average Bonchev–Trinajstić information content (AvgIpc) is 3.61. The smallest absolute Gasteiger partial charge is 0.253 e.